The summed E-state index contributed by atoms with van der Waals surface area (Å²) in [6.07, 6.45) is 1.51. The van der Waals surface area contributed by atoms with Crippen molar-refractivity contribution in [3.05, 3.63) is 69.8 Å². The number of hydrogen-bond acceptors (Lipinski definition) is 3. The number of esters is 1. The van der Waals surface area contributed by atoms with Gasteiger partial charge in [0.05, 0.1) is 7.11 Å². The van der Waals surface area contributed by atoms with Crippen LogP contribution in [0.15, 0.2) is 36.4 Å². The third-order valence-corrected chi connectivity index (χ3v) is 4.37. The predicted octanol–water partition coefficient (Wildman–Crippen LogP) is 4.48. The van der Waals surface area contributed by atoms with E-state index in [9.17, 15) is 9.59 Å². The van der Waals surface area contributed by atoms with Crippen LogP contribution in [0.5, 0.6) is 0 Å². The Kier molecular flexibility index (Phi) is 5.98. The molecule has 4 heteroatoms. The molecule has 2 aromatic rings. The Morgan fingerprint density at radius 1 is 1.00 bits per heavy atom. The second-order valence-corrected chi connectivity index (χ2v) is 6.51. The smallest absolute Gasteiger partial charge is 0.331 e. The summed E-state index contributed by atoms with van der Waals surface area (Å²) in [7, 11) is 1.36. The molecule has 0 unspecified atom stereocenters. The van der Waals surface area contributed by atoms with Crippen molar-refractivity contribution < 1.29 is 14.3 Å². The van der Waals surface area contributed by atoms with Crippen LogP contribution in [0.25, 0.3) is 5.57 Å². The molecule has 0 saturated carbocycles. The lowest BCUT2D eigenvalue weighted by Gasteiger charge is -2.20. The average Bonchev–Trinajstić information content (AvgIpc) is 2.58. The number of aryl methyl sites for hydroxylation is 3. The summed E-state index contributed by atoms with van der Waals surface area (Å²) in [6, 6.07) is 10.0. The van der Waals surface area contributed by atoms with Gasteiger partial charge in [-0.15, -0.1) is 0 Å². The Hall–Kier alpha value is -2.88. The minimum atomic E-state index is -0.416. The van der Waals surface area contributed by atoms with Crippen molar-refractivity contribution in [3.8, 4) is 0 Å². The number of anilines is 1. The van der Waals surface area contributed by atoms with E-state index >= 15 is 0 Å². The number of rotatable bonds is 4. The summed E-state index contributed by atoms with van der Waals surface area (Å²) >= 11 is 0. The topological polar surface area (TPSA) is 55.4 Å². The van der Waals surface area contributed by atoms with E-state index in [1.54, 1.807) is 0 Å². The zero-order valence-electron chi connectivity index (χ0n) is 16.2. The molecule has 4 nitrogen and oxygen atoms in total. The highest BCUT2D eigenvalue weighted by molar-refractivity contribution is 5.99. The van der Waals surface area contributed by atoms with Crippen LogP contribution in [0.3, 0.4) is 0 Å². The third kappa shape index (κ3) is 4.20. The molecule has 26 heavy (non-hydrogen) atoms. The van der Waals surface area contributed by atoms with Gasteiger partial charge in [0.15, 0.2) is 0 Å². The summed E-state index contributed by atoms with van der Waals surface area (Å²) in [4.78, 5) is 23.6. The average molecular weight is 351 g/mol. The molecule has 0 aliphatic carbocycles. The molecule has 0 fully saturated rings. The lowest BCUT2D eigenvalue weighted by molar-refractivity contribution is -0.134. The predicted molar refractivity (Wildman–Crippen MR) is 105 cm³/mol. The minimum absolute atomic E-state index is 0.125. The van der Waals surface area contributed by atoms with Crippen LogP contribution in [-0.4, -0.2) is 19.0 Å². The van der Waals surface area contributed by atoms with E-state index in [0.29, 0.717) is 0 Å². The first-order valence-corrected chi connectivity index (χ1v) is 8.50. The van der Waals surface area contributed by atoms with Crippen LogP contribution in [0, 0.1) is 27.7 Å². The summed E-state index contributed by atoms with van der Waals surface area (Å²) in [6.45, 7) is 9.44. The van der Waals surface area contributed by atoms with Gasteiger partial charge in [-0.25, -0.2) is 4.79 Å². The molecule has 0 radical (unpaired) electrons. The van der Waals surface area contributed by atoms with Gasteiger partial charge in [0, 0.05) is 18.7 Å². The molecule has 0 aliphatic heterocycles. The van der Waals surface area contributed by atoms with Crippen molar-refractivity contribution in [1.82, 2.24) is 0 Å². The first kappa shape index (κ1) is 19.4. The van der Waals surface area contributed by atoms with Crippen molar-refractivity contribution in [2.45, 2.75) is 34.6 Å². The normalized spacial score (nSPS) is 11.2. The summed E-state index contributed by atoms with van der Waals surface area (Å²) in [5.41, 5.74) is 7.49. The van der Waals surface area contributed by atoms with Gasteiger partial charge >= 0.3 is 5.97 Å². The first-order valence-electron chi connectivity index (χ1n) is 8.50. The van der Waals surface area contributed by atoms with Gasteiger partial charge < -0.3 is 10.1 Å². The maximum atomic E-state index is 12.0. The highest BCUT2D eigenvalue weighted by atomic mass is 16.5. The molecule has 0 atom stereocenters. The SMILES string of the molecule is COC(=O)/C=C(\c1ccc(C)cc1)c1c(C)cc(C)c(NC(C)=O)c1C. The summed E-state index contributed by atoms with van der Waals surface area (Å²) in [5, 5.41) is 2.91. The molecule has 1 amide bonds. The van der Waals surface area contributed by atoms with Gasteiger partial charge in [0.2, 0.25) is 5.91 Å². The molecule has 0 spiro atoms. The molecule has 136 valence electrons. The van der Waals surface area contributed by atoms with Crippen LogP contribution in [0.2, 0.25) is 0 Å². The van der Waals surface area contributed by atoms with E-state index in [0.717, 1.165) is 44.6 Å². The van der Waals surface area contributed by atoms with E-state index < -0.39 is 5.97 Å². The fraction of sp³-hybridized carbons (Fsp3) is 0.273. The molecule has 0 aromatic heterocycles. The Labute approximate surface area is 154 Å². The number of carbonyl (C=O) groups is 2. The van der Waals surface area contributed by atoms with Crippen LogP contribution in [-0.2, 0) is 14.3 Å². The Morgan fingerprint density at radius 2 is 1.62 bits per heavy atom. The maximum Gasteiger partial charge on any atom is 0.331 e. The van der Waals surface area contributed by atoms with Crippen LogP contribution in [0.1, 0.15) is 40.3 Å². The van der Waals surface area contributed by atoms with Crippen molar-refractivity contribution in [2.24, 2.45) is 0 Å². The van der Waals surface area contributed by atoms with Crippen LogP contribution < -0.4 is 5.32 Å². The molecule has 2 rings (SSSR count). The van der Waals surface area contributed by atoms with E-state index in [1.165, 1.54) is 20.1 Å². The standard InChI is InChI=1S/C22H25NO3/c1-13-7-9-18(10-8-13)19(12-20(25)26-6)21-14(2)11-15(3)22(16(21)4)23-17(5)24/h7-12H,1-6H3,(H,23,24)/b19-12+. The minimum Gasteiger partial charge on any atom is -0.466 e. The van der Waals surface area contributed by atoms with Gasteiger partial charge in [0.25, 0.3) is 0 Å². The molecular formula is C22H25NO3. The fourth-order valence-corrected chi connectivity index (χ4v) is 3.18. The highest BCUT2D eigenvalue weighted by Crippen LogP contribution is 2.35. The number of nitrogens with one attached hydrogen (secondary N) is 1. The lowest BCUT2D eigenvalue weighted by Crippen LogP contribution is -2.11. The van der Waals surface area contributed by atoms with E-state index in [4.69, 9.17) is 4.74 Å². The van der Waals surface area contributed by atoms with Crippen molar-refractivity contribution in [1.29, 1.82) is 0 Å². The quantitative estimate of drug-likeness (QED) is 0.652. The van der Waals surface area contributed by atoms with Gasteiger partial charge in [-0.3, -0.25) is 4.79 Å². The summed E-state index contributed by atoms with van der Waals surface area (Å²) < 4.78 is 4.86. The molecule has 0 heterocycles. The Bertz CT molecular complexity index is 877. The molecule has 0 bridgehead atoms. The maximum absolute atomic E-state index is 12.0. The van der Waals surface area contributed by atoms with Crippen LogP contribution >= 0.6 is 0 Å². The molecular weight excluding hydrogens is 326 g/mol. The van der Waals surface area contributed by atoms with Crippen molar-refractivity contribution in [3.63, 3.8) is 0 Å². The van der Waals surface area contributed by atoms with Gasteiger partial charge in [-0.2, -0.15) is 0 Å². The number of amides is 1. The van der Waals surface area contributed by atoms with Gasteiger partial charge in [-0.1, -0.05) is 35.9 Å². The highest BCUT2D eigenvalue weighted by Gasteiger charge is 2.18. The summed E-state index contributed by atoms with van der Waals surface area (Å²) in [5.74, 6) is -0.541. The Morgan fingerprint density at radius 3 is 2.15 bits per heavy atom. The zero-order valence-corrected chi connectivity index (χ0v) is 16.2. The number of methoxy groups -OCH3 is 1. The van der Waals surface area contributed by atoms with Crippen molar-refractivity contribution in [2.75, 3.05) is 12.4 Å². The molecule has 2 aromatic carbocycles. The van der Waals surface area contributed by atoms with E-state index in [-0.39, 0.29) is 5.91 Å². The first-order chi connectivity index (χ1) is 12.2. The third-order valence-electron chi connectivity index (χ3n) is 4.37. The second kappa shape index (κ2) is 8.00. The monoisotopic (exact) mass is 351 g/mol. The van der Waals surface area contributed by atoms with Gasteiger partial charge in [0.1, 0.15) is 0 Å². The zero-order chi connectivity index (χ0) is 19.4. The van der Waals surface area contributed by atoms with E-state index in [1.807, 2.05) is 58.0 Å². The number of hydrogen-bond donors (Lipinski definition) is 1. The number of carbonyl (C=O) groups excluding carboxylic acids is 2. The fourth-order valence-electron chi connectivity index (χ4n) is 3.18. The molecule has 0 aliphatic rings. The van der Waals surface area contributed by atoms with Crippen LogP contribution in [0.4, 0.5) is 5.69 Å². The Balaban J connectivity index is 2.76. The lowest BCUT2D eigenvalue weighted by atomic mass is 9.87. The van der Waals surface area contributed by atoms with Crippen molar-refractivity contribution >= 4 is 23.1 Å². The van der Waals surface area contributed by atoms with E-state index in [2.05, 4.69) is 5.32 Å². The largest absolute Gasteiger partial charge is 0.466 e. The molecule has 0 saturated heterocycles. The molecule has 1 N–H and O–H groups in total. The second-order valence-electron chi connectivity index (χ2n) is 6.51. The van der Waals surface area contributed by atoms with Gasteiger partial charge in [-0.05, 0) is 61.1 Å². The number of ether oxygens (including phenoxy) is 1. The number of benzene rings is 2.